The fourth-order valence-corrected chi connectivity index (χ4v) is 1.78. The quantitative estimate of drug-likeness (QED) is 0.839. The number of carbonyl (C=O) groups is 2. The summed E-state index contributed by atoms with van der Waals surface area (Å²) in [5.74, 6) is -0.316. The fraction of sp³-hybridized carbons (Fsp3) is 0.500. The molecular formula is C16H23NO4. The molecule has 5 heteroatoms. The summed E-state index contributed by atoms with van der Waals surface area (Å²) in [6, 6.07) is 6.66. The van der Waals surface area contributed by atoms with Gasteiger partial charge in [0.1, 0.15) is 12.3 Å². The van der Waals surface area contributed by atoms with Gasteiger partial charge < -0.3 is 14.7 Å². The van der Waals surface area contributed by atoms with Gasteiger partial charge in [-0.3, -0.25) is 9.59 Å². The average Bonchev–Trinajstić information content (AvgIpc) is 2.41. The van der Waals surface area contributed by atoms with Gasteiger partial charge in [-0.25, -0.2) is 0 Å². The monoisotopic (exact) mass is 293 g/mol. The van der Waals surface area contributed by atoms with Crippen molar-refractivity contribution in [1.82, 2.24) is 4.90 Å². The van der Waals surface area contributed by atoms with E-state index in [4.69, 9.17) is 9.84 Å². The normalized spacial score (nSPS) is 10.8. The Balaban J connectivity index is 2.89. The van der Waals surface area contributed by atoms with Gasteiger partial charge in [-0.05, 0) is 38.0 Å². The first kappa shape index (κ1) is 17.0. The minimum absolute atomic E-state index is 0.186. The minimum Gasteiger partial charge on any atom is -0.493 e. The van der Waals surface area contributed by atoms with E-state index in [1.807, 2.05) is 13.8 Å². The lowest BCUT2D eigenvalue weighted by Crippen LogP contribution is -2.40. The van der Waals surface area contributed by atoms with Gasteiger partial charge in [-0.1, -0.05) is 19.9 Å². The molecule has 1 N–H and O–H groups in total. The Morgan fingerprint density at radius 1 is 1.24 bits per heavy atom. The molecule has 0 aliphatic heterocycles. The first-order valence-electron chi connectivity index (χ1n) is 7.07. The molecule has 0 spiro atoms. The molecule has 1 rings (SSSR count). The average molecular weight is 293 g/mol. The smallest absolute Gasteiger partial charge is 0.323 e. The zero-order chi connectivity index (χ0) is 16.0. The number of amides is 1. The Labute approximate surface area is 125 Å². The van der Waals surface area contributed by atoms with E-state index in [2.05, 4.69) is 0 Å². The van der Waals surface area contributed by atoms with Gasteiger partial charge in [0.2, 0.25) is 0 Å². The van der Waals surface area contributed by atoms with Gasteiger partial charge in [0.05, 0.1) is 6.61 Å². The Bertz CT molecular complexity index is 497. The molecule has 0 radical (unpaired) electrons. The predicted molar refractivity (Wildman–Crippen MR) is 80.6 cm³/mol. The zero-order valence-electron chi connectivity index (χ0n) is 13.0. The molecular weight excluding hydrogens is 270 g/mol. The highest BCUT2D eigenvalue weighted by Crippen LogP contribution is 2.17. The molecule has 1 aromatic rings. The number of carboxylic acids is 1. The van der Waals surface area contributed by atoms with Crippen molar-refractivity contribution in [2.75, 3.05) is 13.2 Å². The van der Waals surface area contributed by atoms with Crippen LogP contribution in [0.4, 0.5) is 0 Å². The molecule has 0 aliphatic rings. The second-order valence-electron chi connectivity index (χ2n) is 5.65. The number of hydrogen-bond acceptors (Lipinski definition) is 3. The van der Waals surface area contributed by atoms with Gasteiger partial charge in [0.25, 0.3) is 5.91 Å². The lowest BCUT2D eigenvalue weighted by atomic mass is 10.1. The summed E-state index contributed by atoms with van der Waals surface area (Å²) in [5, 5.41) is 8.91. The highest BCUT2D eigenvalue weighted by molar-refractivity contribution is 5.96. The summed E-state index contributed by atoms with van der Waals surface area (Å²) in [6.45, 7) is 7.93. The summed E-state index contributed by atoms with van der Waals surface area (Å²) in [5.41, 5.74) is 0.436. The van der Waals surface area contributed by atoms with Crippen LogP contribution < -0.4 is 4.74 Å². The molecule has 0 saturated heterocycles. The maximum atomic E-state index is 12.4. The van der Waals surface area contributed by atoms with Gasteiger partial charge in [-0.2, -0.15) is 0 Å². The van der Waals surface area contributed by atoms with Crippen LogP contribution in [-0.4, -0.2) is 41.1 Å². The van der Waals surface area contributed by atoms with Crippen molar-refractivity contribution in [2.45, 2.75) is 33.7 Å². The molecule has 0 aromatic heterocycles. The van der Waals surface area contributed by atoms with Crippen LogP contribution in [0.3, 0.4) is 0 Å². The molecule has 0 unspecified atom stereocenters. The van der Waals surface area contributed by atoms with Gasteiger partial charge in [-0.15, -0.1) is 0 Å². The predicted octanol–water partition coefficient (Wildman–Crippen LogP) is 2.66. The molecule has 0 atom stereocenters. The standard InChI is InChI=1S/C16H23NO4/c1-11(2)10-21-14-7-5-6-13(8-14)16(20)17(12(3)4)9-15(18)19/h5-8,11-12H,9-10H2,1-4H3,(H,18,19). The number of nitrogens with zero attached hydrogens (tertiary/aromatic N) is 1. The van der Waals surface area contributed by atoms with Crippen molar-refractivity contribution >= 4 is 11.9 Å². The van der Waals surface area contributed by atoms with E-state index in [1.165, 1.54) is 4.90 Å². The summed E-state index contributed by atoms with van der Waals surface area (Å²) >= 11 is 0. The van der Waals surface area contributed by atoms with Gasteiger partial charge in [0, 0.05) is 11.6 Å². The zero-order valence-corrected chi connectivity index (χ0v) is 13.0. The molecule has 5 nitrogen and oxygen atoms in total. The van der Waals surface area contributed by atoms with Crippen LogP contribution in [0.2, 0.25) is 0 Å². The Morgan fingerprint density at radius 3 is 2.43 bits per heavy atom. The second kappa shape index (κ2) is 7.67. The minimum atomic E-state index is -1.02. The van der Waals surface area contributed by atoms with E-state index >= 15 is 0 Å². The number of rotatable bonds is 7. The molecule has 1 amide bonds. The third-order valence-corrected chi connectivity index (χ3v) is 2.85. The molecule has 0 heterocycles. The van der Waals surface area contributed by atoms with Crippen molar-refractivity contribution in [3.05, 3.63) is 29.8 Å². The van der Waals surface area contributed by atoms with Crippen molar-refractivity contribution in [3.8, 4) is 5.75 Å². The first-order chi connectivity index (χ1) is 9.81. The fourth-order valence-electron chi connectivity index (χ4n) is 1.78. The van der Waals surface area contributed by atoms with Crippen LogP contribution in [0.1, 0.15) is 38.1 Å². The van der Waals surface area contributed by atoms with E-state index in [9.17, 15) is 9.59 Å². The van der Waals surface area contributed by atoms with E-state index < -0.39 is 5.97 Å². The number of carboxylic acid groups (broad SMARTS) is 1. The lowest BCUT2D eigenvalue weighted by Gasteiger charge is -2.25. The molecule has 0 saturated carbocycles. The van der Waals surface area contributed by atoms with Crippen LogP contribution >= 0.6 is 0 Å². The second-order valence-corrected chi connectivity index (χ2v) is 5.65. The highest BCUT2D eigenvalue weighted by Gasteiger charge is 2.21. The number of ether oxygens (including phenoxy) is 1. The number of aliphatic carboxylic acids is 1. The molecule has 0 aliphatic carbocycles. The third kappa shape index (κ3) is 5.45. The SMILES string of the molecule is CC(C)COc1cccc(C(=O)N(CC(=O)O)C(C)C)c1. The molecule has 0 fully saturated rings. The van der Waals surface area contributed by atoms with Crippen LogP contribution in [-0.2, 0) is 4.79 Å². The van der Waals surface area contributed by atoms with Gasteiger partial charge >= 0.3 is 5.97 Å². The summed E-state index contributed by atoms with van der Waals surface area (Å²) in [7, 11) is 0. The topological polar surface area (TPSA) is 66.8 Å². The Morgan fingerprint density at radius 2 is 1.90 bits per heavy atom. The summed E-state index contributed by atoms with van der Waals surface area (Å²) in [6.07, 6.45) is 0. The molecule has 1 aromatic carbocycles. The van der Waals surface area contributed by atoms with Gasteiger partial charge in [0.15, 0.2) is 0 Å². The Hall–Kier alpha value is -2.04. The summed E-state index contributed by atoms with van der Waals surface area (Å²) in [4.78, 5) is 24.6. The molecule has 116 valence electrons. The van der Waals surface area contributed by atoms with E-state index in [1.54, 1.807) is 38.1 Å². The van der Waals surface area contributed by atoms with Crippen molar-refractivity contribution < 1.29 is 19.4 Å². The first-order valence-corrected chi connectivity index (χ1v) is 7.07. The largest absolute Gasteiger partial charge is 0.493 e. The van der Waals surface area contributed by atoms with E-state index in [-0.39, 0.29) is 18.5 Å². The number of benzene rings is 1. The Kier molecular flexibility index (Phi) is 6.21. The molecule has 21 heavy (non-hydrogen) atoms. The van der Waals surface area contributed by atoms with Crippen LogP contribution in [0.25, 0.3) is 0 Å². The van der Waals surface area contributed by atoms with E-state index in [0.29, 0.717) is 23.8 Å². The van der Waals surface area contributed by atoms with Crippen molar-refractivity contribution in [3.63, 3.8) is 0 Å². The maximum absolute atomic E-state index is 12.4. The lowest BCUT2D eigenvalue weighted by molar-refractivity contribution is -0.138. The van der Waals surface area contributed by atoms with Crippen LogP contribution in [0, 0.1) is 5.92 Å². The van der Waals surface area contributed by atoms with Crippen LogP contribution in [0.5, 0.6) is 5.75 Å². The van der Waals surface area contributed by atoms with Crippen molar-refractivity contribution in [2.24, 2.45) is 5.92 Å². The maximum Gasteiger partial charge on any atom is 0.323 e. The highest BCUT2D eigenvalue weighted by atomic mass is 16.5. The van der Waals surface area contributed by atoms with Crippen LogP contribution in [0.15, 0.2) is 24.3 Å². The summed E-state index contributed by atoms with van der Waals surface area (Å²) < 4.78 is 5.59. The number of hydrogen-bond donors (Lipinski definition) is 1. The molecule has 0 bridgehead atoms. The van der Waals surface area contributed by atoms with E-state index in [0.717, 1.165) is 0 Å². The number of carbonyl (C=O) groups excluding carboxylic acids is 1. The third-order valence-electron chi connectivity index (χ3n) is 2.85. The van der Waals surface area contributed by atoms with Crippen molar-refractivity contribution in [1.29, 1.82) is 0 Å².